The Morgan fingerprint density at radius 1 is 1.07 bits per heavy atom. The topological polar surface area (TPSA) is 114 Å². The first-order valence-corrected chi connectivity index (χ1v) is 10.1. The number of aromatic nitrogens is 4. The number of nitrogens with zero attached hydrogens (tertiary/aromatic N) is 3. The molecule has 8 nitrogen and oxygen atoms in total. The second-order valence-corrected chi connectivity index (χ2v) is 7.47. The minimum absolute atomic E-state index is 0.101. The molecule has 150 valence electrons. The molecule has 4 aromatic rings. The summed E-state index contributed by atoms with van der Waals surface area (Å²) in [7, 11) is 0. The highest BCUT2D eigenvalue weighted by atomic mass is 35.5. The zero-order valence-electron chi connectivity index (χ0n) is 15.3. The monoisotopic (exact) mass is 439 g/mol. The Balaban J connectivity index is 1.36. The Bertz CT molecular complexity index is 1220. The molecule has 0 fully saturated rings. The zero-order chi connectivity index (χ0) is 20.9. The van der Waals surface area contributed by atoms with Crippen LogP contribution in [0.5, 0.6) is 0 Å². The Morgan fingerprint density at radius 2 is 1.90 bits per heavy atom. The summed E-state index contributed by atoms with van der Waals surface area (Å²) < 4.78 is 5.58. The lowest BCUT2D eigenvalue weighted by Crippen LogP contribution is -2.14. The Labute approximate surface area is 179 Å². The van der Waals surface area contributed by atoms with Gasteiger partial charge in [-0.25, -0.2) is 5.10 Å². The molecule has 2 heterocycles. The second-order valence-electron chi connectivity index (χ2n) is 6.10. The van der Waals surface area contributed by atoms with E-state index in [0.717, 1.165) is 22.9 Å². The second kappa shape index (κ2) is 8.93. The fraction of sp³-hybridized carbons (Fsp3) is 0.0500. The molecule has 0 saturated carbocycles. The van der Waals surface area contributed by atoms with Gasteiger partial charge in [0.25, 0.3) is 10.8 Å². The molecule has 4 rings (SSSR count). The van der Waals surface area contributed by atoms with Crippen molar-refractivity contribution in [2.24, 2.45) is 0 Å². The molecule has 0 atom stereocenters. The van der Waals surface area contributed by atoms with Gasteiger partial charge in [-0.1, -0.05) is 35.5 Å². The van der Waals surface area contributed by atoms with Crippen molar-refractivity contribution in [1.82, 2.24) is 20.4 Å². The van der Waals surface area contributed by atoms with Crippen LogP contribution in [-0.2, 0) is 4.79 Å². The van der Waals surface area contributed by atoms with Crippen LogP contribution in [0.4, 0.5) is 5.69 Å². The summed E-state index contributed by atoms with van der Waals surface area (Å²) in [5.41, 5.74) is 2.44. The third kappa shape index (κ3) is 4.94. The van der Waals surface area contributed by atoms with Crippen LogP contribution < -0.4 is 10.9 Å². The zero-order valence-corrected chi connectivity index (χ0v) is 16.9. The molecule has 0 radical (unpaired) electrons. The van der Waals surface area contributed by atoms with Gasteiger partial charge in [0.15, 0.2) is 0 Å². The number of rotatable bonds is 6. The maximum Gasteiger partial charge on any atom is 0.277 e. The standard InChI is InChI=1S/C20H14ClN5O3S/c21-14-6-4-12(5-7-14)19-25-26-20(29-19)30-11-18(28)22-15-3-1-2-13(10-15)16-8-9-17(27)24-23-16/h1-10H,11H2,(H,22,28)(H,24,27). The van der Waals surface area contributed by atoms with Crippen LogP contribution in [0.1, 0.15) is 0 Å². The molecule has 0 saturated heterocycles. The first-order chi connectivity index (χ1) is 14.6. The quantitative estimate of drug-likeness (QED) is 0.438. The fourth-order valence-corrected chi connectivity index (χ4v) is 3.25. The van der Waals surface area contributed by atoms with Gasteiger partial charge in [-0.3, -0.25) is 9.59 Å². The average Bonchev–Trinajstić information content (AvgIpc) is 3.23. The maximum absolute atomic E-state index is 12.3. The van der Waals surface area contributed by atoms with Crippen LogP contribution in [0, 0.1) is 0 Å². The predicted molar refractivity (Wildman–Crippen MR) is 114 cm³/mol. The summed E-state index contributed by atoms with van der Waals surface area (Å²) in [5, 5.41) is 18.0. The van der Waals surface area contributed by atoms with Crippen molar-refractivity contribution in [3.63, 3.8) is 0 Å². The molecule has 0 spiro atoms. The maximum atomic E-state index is 12.3. The highest BCUT2D eigenvalue weighted by Gasteiger charge is 2.12. The van der Waals surface area contributed by atoms with Crippen molar-refractivity contribution in [2.75, 3.05) is 11.1 Å². The summed E-state index contributed by atoms with van der Waals surface area (Å²) in [6.07, 6.45) is 0. The Kier molecular flexibility index (Phi) is 5.92. The first kappa shape index (κ1) is 19.9. The number of amides is 1. The fourth-order valence-electron chi connectivity index (χ4n) is 2.56. The van der Waals surface area contributed by atoms with E-state index in [0.29, 0.717) is 27.5 Å². The number of carbonyl (C=O) groups excluding carboxylic acids is 1. The van der Waals surface area contributed by atoms with Crippen molar-refractivity contribution in [1.29, 1.82) is 0 Å². The first-order valence-electron chi connectivity index (χ1n) is 8.75. The Morgan fingerprint density at radius 3 is 2.67 bits per heavy atom. The number of carbonyl (C=O) groups is 1. The van der Waals surface area contributed by atoms with E-state index in [9.17, 15) is 9.59 Å². The molecule has 30 heavy (non-hydrogen) atoms. The number of hydrogen-bond acceptors (Lipinski definition) is 7. The number of nitrogens with one attached hydrogen (secondary N) is 2. The minimum atomic E-state index is -0.277. The van der Waals surface area contributed by atoms with Gasteiger partial charge in [-0.05, 0) is 42.5 Å². The van der Waals surface area contributed by atoms with E-state index in [1.54, 1.807) is 48.5 Å². The van der Waals surface area contributed by atoms with E-state index in [2.05, 4.69) is 25.7 Å². The van der Waals surface area contributed by atoms with Gasteiger partial charge >= 0.3 is 0 Å². The number of aromatic amines is 1. The van der Waals surface area contributed by atoms with Gasteiger partial charge < -0.3 is 9.73 Å². The van der Waals surface area contributed by atoms with E-state index >= 15 is 0 Å². The largest absolute Gasteiger partial charge is 0.411 e. The molecule has 0 bridgehead atoms. The number of H-pyrrole nitrogens is 1. The molecular formula is C20H14ClN5O3S. The highest BCUT2D eigenvalue weighted by Crippen LogP contribution is 2.25. The third-order valence-corrected chi connectivity index (χ3v) is 5.02. The molecule has 2 aromatic heterocycles. The normalized spacial score (nSPS) is 10.7. The minimum Gasteiger partial charge on any atom is -0.411 e. The molecule has 2 N–H and O–H groups in total. The number of benzene rings is 2. The van der Waals surface area contributed by atoms with Gasteiger partial charge in [0.2, 0.25) is 11.8 Å². The van der Waals surface area contributed by atoms with Gasteiger partial charge in [-0.15, -0.1) is 10.2 Å². The van der Waals surface area contributed by atoms with Crippen LogP contribution in [0.15, 0.2) is 75.1 Å². The van der Waals surface area contributed by atoms with Crippen LogP contribution in [0.3, 0.4) is 0 Å². The number of thioether (sulfide) groups is 1. The molecule has 1 amide bonds. The smallest absolute Gasteiger partial charge is 0.277 e. The van der Waals surface area contributed by atoms with Gasteiger partial charge in [-0.2, -0.15) is 5.10 Å². The van der Waals surface area contributed by atoms with Crippen molar-refractivity contribution >= 4 is 35.0 Å². The number of halogens is 1. The van der Waals surface area contributed by atoms with Gasteiger partial charge in [0.05, 0.1) is 11.4 Å². The molecule has 0 aliphatic rings. The Hall–Kier alpha value is -3.43. The van der Waals surface area contributed by atoms with Crippen molar-refractivity contribution in [3.05, 3.63) is 76.0 Å². The van der Waals surface area contributed by atoms with E-state index in [1.165, 1.54) is 6.07 Å². The molecule has 0 aliphatic heterocycles. The molecule has 10 heteroatoms. The van der Waals surface area contributed by atoms with Crippen molar-refractivity contribution in [3.8, 4) is 22.7 Å². The predicted octanol–water partition coefficient (Wildman–Crippen LogP) is 3.87. The lowest BCUT2D eigenvalue weighted by Gasteiger charge is -2.06. The van der Waals surface area contributed by atoms with Crippen LogP contribution in [0.2, 0.25) is 5.02 Å². The van der Waals surface area contributed by atoms with E-state index in [-0.39, 0.29) is 17.2 Å². The van der Waals surface area contributed by atoms with Crippen LogP contribution in [-0.4, -0.2) is 32.1 Å². The molecule has 0 aliphatic carbocycles. The summed E-state index contributed by atoms with van der Waals surface area (Å²) in [6, 6.07) is 17.2. The SMILES string of the molecule is O=C(CSc1nnc(-c2ccc(Cl)cc2)o1)Nc1cccc(-c2ccc(=O)[nH]n2)c1. The van der Waals surface area contributed by atoms with E-state index < -0.39 is 0 Å². The third-order valence-electron chi connectivity index (χ3n) is 3.95. The highest BCUT2D eigenvalue weighted by molar-refractivity contribution is 7.99. The van der Waals surface area contributed by atoms with Gasteiger partial charge in [0.1, 0.15) is 0 Å². The van der Waals surface area contributed by atoms with Crippen molar-refractivity contribution < 1.29 is 9.21 Å². The molecule has 0 unspecified atom stereocenters. The number of anilines is 1. The van der Waals surface area contributed by atoms with Gasteiger partial charge in [0, 0.05) is 27.9 Å². The van der Waals surface area contributed by atoms with Crippen molar-refractivity contribution in [2.45, 2.75) is 5.22 Å². The molecule has 2 aromatic carbocycles. The summed E-state index contributed by atoms with van der Waals surface area (Å²) in [6.45, 7) is 0. The van der Waals surface area contributed by atoms with Crippen LogP contribution >= 0.6 is 23.4 Å². The van der Waals surface area contributed by atoms with E-state index in [1.807, 2.05) is 6.07 Å². The van der Waals surface area contributed by atoms with E-state index in [4.69, 9.17) is 16.0 Å². The lowest BCUT2D eigenvalue weighted by atomic mass is 10.1. The lowest BCUT2D eigenvalue weighted by molar-refractivity contribution is -0.113. The molecular weight excluding hydrogens is 426 g/mol. The average molecular weight is 440 g/mol. The summed E-state index contributed by atoms with van der Waals surface area (Å²) in [4.78, 5) is 23.4. The number of hydrogen-bond donors (Lipinski definition) is 2. The van der Waals surface area contributed by atoms with Crippen LogP contribution in [0.25, 0.3) is 22.7 Å². The summed E-state index contributed by atoms with van der Waals surface area (Å²) in [5.74, 6) is 0.233. The summed E-state index contributed by atoms with van der Waals surface area (Å²) >= 11 is 7.01.